The number of aromatic nitrogens is 2. The summed E-state index contributed by atoms with van der Waals surface area (Å²) in [5.41, 5.74) is 1.86. The number of amides is 1. The Kier molecular flexibility index (Phi) is 7.66. The molecular formula is C20H17Cl2N3O2S2. The van der Waals surface area contributed by atoms with E-state index in [0.717, 1.165) is 10.5 Å². The van der Waals surface area contributed by atoms with Crippen LogP contribution in [0.1, 0.15) is 11.3 Å². The summed E-state index contributed by atoms with van der Waals surface area (Å²) < 4.78 is 0. The highest BCUT2D eigenvalue weighted by atomic mass is 35.5. The van der Waals surface area contributed by atoms with Gasteiger partial charge in [0.15, 0.2) is 5.16 Å². The summed E-state index contributed by atoms with van der Waals surface area (Å²) in [5, 5.41) is 4.49. The third-order valence-corrected chi connectivity index (χ3v) is 6.44. The number of rotatable bonds is 7. The number of carbonyl (C=O) groups excluding carboxylic acids is 1. The van der Waals surface area contributed by atoms with Crippen LogP contribution >= 0.6 is 46.7 Å². The molecule has 3 rings (SSSR count). The predicted molar refractivity (Wildman–Crippen MR) is 121 cm³/mol. The molecule has 0 saturated carbocycles. The van der Waals surface area contributed by atoms with Crippen molar-refractivity contribution in [1.82, 2.24) is 9.97 Å². The molecule has 0 saturated heterocycles. The van der Waals surface area contributed by atoms with Crippen LogP contribution in [0.2, 0.25) is 10.0 Å². The molecule has 0 atom stereocenters. The zero-order valence-electron chi connectivity index (χ0n) is 15.4. The summed E-state index contributed by atoms with van der Waals surface area (Å²) in [5.74, 6) is 0.444. The molecule has 0 bridgehead atoms. The maximum atomic E-state index is 12.2. The second-order valence-corrected chi connectivity index (χ2v) is 8.89. The van der Waals surface area contributed by atoms with Crippen molar-refractivity contribution in [3.63, 3.8) is 0 Å². The average Bonchev–Trinajstić information content (AvgIpc) is 2.69. The van der Waals surface area contributed by atoms with Gasteiger partial charge in [0.2, 0.25) is 5.91 Å². The molecule has 0 aliphatic rings. The molecule has 0 fully saturated rings. The van der Waals surface area contributed by atoms with E-state index in [2.05, 4.69) is 15.3 Å². The van der Waals surface area contributed by atoms with Gasteiger partial charge in [-0.1, -0.05) is 41.0 Å². The van der Waals surface area contributed by atoms with Gasteiger partial charge in [-0.25, -0.2) is 4.98 Å². The zero-order chi connectivity index (χ0) is 20.8. The number of hydrogen-bond acceptors (Lipinski definition) is 5. The fourth-order valence-electron chi connectivity index (χ4n) is 2.38. The molecule has 3 aromatic rings. The topological polar surface area (TPSA) is 74.8 Å². The number of nitrogens with zero attached hydrogens (tertiary/aromatic N) is 1. The van der Waals surface area contributed by atoms with Crippen LogP contribution in [0.3, 0.4) is 0 Å². The van der Waals surface area contributed by atoms with Crippen molar-refractivity contribution in [1.29, 1.82) is 0 Å². The molecule has 1 aromatic heterocycles. The molecule has 0 unspecified atom stereocenters. The minimum absolute atomic E-state index is 0.114. The molecule has 150 valence electrons. The molecule has 9 heteroatoms. The molecule has 0 aliphatic heterocycles. The second-order valence-electron chi connectivity index (χ2n) is 6.03. The number of anilines is 1. The molecule has 0 radical (unpaired) electrons. The molecule has 2 aromatic carbocycles. The summed E-state index contributed by atoms with van der Waals surface area (Å²) in [6, 6.07) is 14.3. The normalized spacial score (nSPS) is 10.7. The van der Waals surface area contributed by atoms with E-state index < -0.39 is 0 Å². The van der Waals surface area contributed by atoms with E-state index in [-0.39, 0.29) is 17.2 Å². The van der Waals surface area contributed by atoms with Crippen molar-refractivity contribution in [3.8, 4) is 0 Å². The minimum atomic E-state index is -0.250. The zero-order valence-corrected chi connectivity index (χ0v) is 18.5. The minimum Gasteiger partial charge on any atom is -0.325 e. The largest absolute Gasteiger partial charge is 0.325 e. The monoisotopic (exact) mass is 465 g/mol. The molecule has 1 amide bonds. The van der Waals surface area contributed by atoms with Gasteiger partial charge >= 0.3 is 0 Å². The van der Waals surface area contributed by atoms with Crippen molar-refractivity contribution in [2.45, 2.75) is 22.7 Å². The third kappa shape index (κ3) is 6.54. The predicted octanol–water partition coefficient (Wildman–Crippen LogP) is 5.41. The van der Waals surface area contributed by atoms with Gasteiger partial charge in [-0.3, -0.25) is 9.59 Å². The smallest absolute Gasteiger partial charge is 0.251 e. The van der Waals surface area contributed by atoms with E-state index in [1.807, 2.05) is 31.2 Å². The first-order chi connectivity index (χ1) is 13.9. The summed E-state index contributed by atoms with van der Waals surface area (Å²) in [4.78, 5) is 32.3. The molecule has 2 N–H and O–H groups in total. The number of thioether (sulfide) groups is 2. The van der Waals surface area contributed by atoms with Gasteiger partial charge in [-0.15, -0.1) is 11.8 Å². The lowest BCUT2D eigenvalue weighted by molar-refractivity contribution is -0.113. The Morgan fingerprint density at radius 2 is 1.90 bits per heavy atom. The maximum Gasteiger partial charge on any atom is 0.251 e. The highest BCUT2D eigenvalue weighted by molar-refractivity contribution is 7.99. The van der Waals surface area contributed by atoms with Crippen molar-refractivity contribution < 1.29 is 4.79 Å². The third-order valence-electron chi connectivity index (χ3n) is 3.86. The number of H-pyrrole nitrogens is 1. The van der Waals surface area contributed by atoms with E-state index in [1.54, 1.807) is 30.0 Å². The van der Waals surface area contributed by atoms with Gasteiger partial charge in [0.1, 0.15) is 0 Å². The molecule has 0 spiro atoms. The first-order valence-corrected chi connectivity index (χ1v) is 11.3. The molecular weight excluding hydrogens is 449 g/mol. The fourth-order valence-corrected chi connectivity index (χ4v) is 4.16. The fraction of sp³-hybridized carbons (Fsp3) is 0.150. The van der Waals surface area contributed by atoms with Gasteiger partial charge in [-0.2, -0.15) is 0 Å². The van der Waals surface area contributed by atoms with Gasteiger partial charge in [0.05, 0.1) is 11.4 Å². The van der Waals surface area contributed by atoms with Crippen molar-refractivity contribution in [2.75, 3.05) is 11.1 Å². The highest BCUT2D eigenvalue weighted by Gasteiger charge is 2.10. The van der Waals surface area contributed by atoms with Crippen LogP contribution in [0.25, 0.3) is 0 Å². The summed E-state index contributed by atoms with van der Waals surface area (Å²) in [6.07, 6.45) is 0. The number of benzene rings is 2. The van der Waals surface area contributed by atoms with Crippen LogP contribution in [0.5, 0.6) is 0 Å². The Bertz CT molecular complexity index is 1070. The number of aromatic amines is 1. The van der Waals surface area contributed by atoms with Crippen LogP contribution < -0.4 is 10.9 Å². The highest BCUT2D eigenvalue weighted by Crippen LogP contribution is 2.25. The standard InChI is InChI=1S/C20H17Cl2N3O2S2/c1-12-16(22)3-2-4-17(12)24-19(27)11-29-20-23-14(9-18(26)25-20)10-28-15-7-5-13(21)6-8-15/h2-9H,10-11H2,1H3,(H,24,27)(H,23,25,26). The van der Waals surface area contributed by atoms with Crippen LogP contribution in [0.15, 0.2) is 63.4 Å². The van der Waals surface area contributed by atoms with E-state index in [4.69, 9.17) is 23.2 Å². The van der Waals surface area contributed by atoms with Crippen molar-refractivity contribution in [2.24, 2.45) is 0 Å². The number of halogens is 2. The van der Waals surface area contributed by atoms with Gasteiger partial charge in [-0.05, 0) is 48.9 Å². The maximum absolute atomic E-state index is 12.2. The lowest BCUT2D eigenvalue weighted by Gasteiger charge is -2.09. The van der Waals surface area contributed by atoms with E-state index >= 15 is 0 Å². The van der Waals surface area contributed by atoms with Crippen LogP contribution in [0.4, 0.5) is 5.69 Å². The van der Waals surface area contributed by atoms with E-state index in [1.165, 1.54) is 17.8 Å². The SMILES string of the molecule is Cc1c(Cl)cccc1NC(=O)CSc1nc(CSc2ccc(Cl)cc2)cc(=O)[nH]1. The lowest BCUT2D eigenvalue weighted by atomic mass is 10.2. The van der Waals surface area contributed by atoms with E-state index in [9.17, 15) is 9.59 Å². The number of carbonyl (C=O) groups is 1. The van der Waals surface area contributed by atoms with Crippen molar-refractivity contribution >= 4 is 58.3 Å². The Morgan fingerprint density at radius 1 is 1.14 bits per heavy atom. The summed E-state index contributed by atoms with van der Waals surface area (Å²) >= 11 is 14.7. The van der Waals surface area contributed by atoms with Gasteiger partial charge in [0.25, 0.3) is 5.56 Å². The first-order valence-electron chi connectivity index (χ1n) is 8.57. The van der Waals surface area contributed by atoms with E-state index in [0.29, 0.717) is 32.3 Å². The molecule has 0 aliphatic carbocycles. The number of hydrogen-bond donors (Lipinski definition) is 2. The van der Waals surface area contributed by atoms with Gasteiger partial charge in [0, 0.05) is 32.4 Å². The van der Waals surface area contributed by atoms with Crippen LogP contribution in [0, 0.1) is 6.92 Å². The quantitative estimate of drug-likeness (QED) is 0.360. The Morgan fingerprint density at radius 3 is 2.66 bits per heavy atom. The molecule has 29 heavy (non-hydrogen) atoms. The molecule has 5 nitrogen and oxygen atoms in total. The Balaban J connectivity index is 1.59. The van der Waals surface area contributed by atoms with Crippen molar-refractivity contribution in [3.05, 3.63) is 80.2 Å². The van der Waals surface area contributed by atoms with Crippen LogP contribution in [-0.4, -0.2) is 21.6 Å². The average molecular weight is 466 g/mol. The first kappa shape index (κ1) is 21.8. The summed E-state index contributed by atoms with van der Waals surface area (Å²) in [6.45, 7) is 1.84. The molecule has 1 heterocycles. The summed E-state index contributed by atoms with van der Waals surface area (Å²) in [7, 11) is 0. The lowest BCUT2D eigenvalue weighted by Crippen LogP contribution is -2.16. The number of nitrogens with one attached hydrogen (secondary N) is 2. The Labute approximate surface area is 186 Å². The van der Waals surface area contributed by atoms with Gasteiger partial charge < -0.3 is 10.3 Å². The second kappa shape index (κ2) is 10.2. The Hall–Kier alpha value is -1.93. The van der Waals surface area contributed by atoms with Crippen LogP contribution in [-0.2, 0) is 10.5 Å².